The first-order chi connectivity index (χ1) is 16.0. The molecule has 1 fully saturated rings. The zero-order valence-electron chi connectivity index (χ0n) is 18.5. The van der Waals surface area contributed by atoms with E-state index in [4.69, 9.17) is 9.47 Å². The van der Waals surface area contributed by atoms with E-state index in [1.54, 1.807) is 58.8 Å². The number of methoxy groups -OCH3 is 1. The van der Waals surface area contributed by atoms with Gasteiger partial charge in [0.05, 0.1) is 25.1 Å². The maximum atomic E-state index is 13.5. The van der Waals surface area contributed by atoms with Crippen LogP contribution in [0.15, 0.2) is 54.6 Å². The zero-order chi connectivity index (χ0) is 23.4. The highest BCUT2D eigenvalue weighted by Gasteiger charge is 2.28. The number of piperazine rings is 1. The van der Waals surface area contributed by atoms with Crippen molar-refractivity contribution < 1.29 is 23.5 Å². The van der Waals surface area contributed by atoms with Gasteiger partial charge in [-0.2, -0.15) is 5.10 Å². The molecule has 2 amide bonds. The molecule has 0 atom stereocenters. The average molecular weight is 452 g/mol. The van der Waals surface area contributed by atoms with Crippen molar-refractivity contribution in [2.45, 2.75) is 6.92 Å². The molecule has 0 radical (unpaired) electrons. The van der Waals surface area contributed by atoms with Gasteiger partial charge in [0, 0.05) is 31.7 Å². The van der Waals surface area contributed by atoms with Crippen molar-refractivity contribution in [1.82, 2.24) is 19.6 Å². The molecule has 2 aromatic carbocycles. The lowest BCUT2D eigenvalue weighted by Crippen LogP contribution is -2.51. The minimum Gasteiger partial charge on any atom is -0.497 e. The van der Waals surface area contributed by atoms with Gasteiger partial charge in [0.25, 0.3) is 5.91 Å². The summed E-state index contributed by atoms with van der Waals surface area (Å²) in [6, 6.07) is 14.9. The SMILES string of the molecule is CCOC(=O)N1CCN(C(=O)c2cc(-c3ccc(F)cc3)nn2-c2ccc(OC)cc2)CC1. The molecule has 9 heteroatoms. The average Bonchev–Trinajstić information content (AvgIpc) is 3.30. The molecule has 1 aliphatic heterocycles. The Labute approximate surface area is 191 Å². The summed E-state index contributed by atoms with van der Waals surface area (Å²) in [7, 11) is 1.58. The van der Waals surface area contributed by atoms with Crippen LogP contribution in [-0.2, 0) is 4.74 Å². The number of aromatic nitrogens is 2. The highest BCUT2D eigenvalue weighted by atomic mass is 19.1. The summed E-state index contributed by atoms with van der Waals surface area (Å²) in [6.45, 7) is 3.63. The molecule has 1 aliphatic rings. The molecule has 172 valence electrons. The summed E-state index contributed by atoms with van der Waals surface area (Å²) in [5.41, 5.74) is 2.32. The van der Waals surface area contributed by atoms with E-state index in [1.807, 2.05) is 12.1 Å². The molecule has 0 unspecified atom stereocenters. The van der Waals surface area contributed by atoms with Crippen LogP contribution in [0.1, 0.15) is 17.4 Å². The maximum Gasteiger partial charge on any atom is 0.409 e. The van der Waals surface area contributed by atoms with E-state index >= 15 is 0 Å². The van der Waals surface area contributed by atoms with Gasteiger partial charge in [-0.25, -0.2) is 13.9 Å². The van der Waals surface area contributed by atoms with Crippen LogP contribution in [0.2, 0.25) is 0 Å². The monoisotopic (exact) mass is 452 g/mol. The van der Waals surface area contributed by atoms with E-state index in [0.717, 1.165) is 0 Å². The number of halogens is 1. The van der Waals surface area contributed by atoms with Gasteiger partial charge in [-0.15, -0.1) is 0 Å². The van der Waals surface area contributed by atoms with E-state index in [2.05, 4.69) is 5.10 Å². The molecular weight excluding hydrogens is 427 g/mol. The second kappa shape index (κ2) is 9.72. The minimum atomic E-state index is -0.369. The number of hydrogen-bond donors (Lipinski definition) is 0. The van der Waals surface area contributed by atoms with Crippen LogP contribution in [0.3, 0.4) is 0 Å². The lowest BCUT2D eigenvalue weighted by atomic mass is 10.1. The molecule has 2 heterocycles. The van der Waals surface area contributed by atoms with E-state index in [9.17, 15) is 14.0 Å². The highest BCUT2D eigenvalue weighted by Crippen LogP contribution is 2.24. The predicted octanol–water partition coefficient (Wildman–Crippen LogP) is 3.60. The highest BCUT2D eigenvalue weighted by molar-refractivity contribution is 5.94. The van der Waals surface area contributed by atoms with E-state index in [0.29, 0.717) is 61.2 Å². The lowest BCUT2D eigenvalue weighted by molar-refractivity contribution is 0.0563. The summed E-state index contributed by atoms with van der Waals surface area (Å²) in [6.07, 6.45) is -0.369. The minimum absolute atomic E-state index is 0.199. The van der Waals surface area contributed by atoms with Gasteiger partial charge in [0.1, 0.15) is 17.3 Å². The van der Waals surface area contributed by atoms with Crippen molar-refractivity contribution in [3.63, 3.8) is 0 Å². The third kappa shape index (κ3) is 4.82. The van der Waals surface area contributed by atoms with E-state index in [-0.39, 0.29) is 17.8 Å². The van der Waals surface area contributed by atoms with Crippen molar-refractivity contribution in [2.24, 2.45) is 0 Å². The normalized spacial score (nSPS) is 13.7. The molecule has 1 saturated heterocycles. The smallest absolute Gasteiger partial charge is 0.409 e. The number of nitrogens with zero attached hydrogens (tertiary/aromatic N) is 4. The third-order valence-electron chi connectivity index (χ3n) is 5.48. The Morgan fingerprint density at radius 1 is 0.970 bits per heavy atom. The Bertz CT molecular complexity index is 1120. The summed E-state index contributed by atoms with van der Waals surface area (Å²) in [5, 5.41) is 4.64. The fraction of sp³-hybridized carbons (Fsp3) is 0.292. The Kier molecular flexibility index (Phi) is 6.58. The van der Waals surface area contributed by atoms with Gasteiger partial charge in [0.15, 0.2) is 0 Å². The molecule has 0 spiro atoms. The molecule has 3 aromatic rings. The largest absolute Gasteiger partial charge is 0.497 e. The van der Waals surface area contributed by atoms with Crippen molar-refractivity contribution in [1.29, 1.82) is 0 Å². The van der Waals surface area contributed by atoms with Gasteiger partial charge < -0.3 is 19.3 Å². The summed E-state index contributed by atoms with van der Waals surface area (Å²) >= 11 is 0. The number of benzene rings is 2. The first-order valence-corrected chi connectivity index (χ1v) is 10.7. The van der Waals surface area contributed by atoms with Gasteiger partial charge in [-0.05, 0) is 61.5 Å². The molecule has 0 saturated carbocycles. The predicted molar refractivity (Wildman–Crippen MR) is 120 cm³/mol. The Hall–Kier alpha value is -3.88. The second-order valence-electron chi connectivity index (χ2n) is 7.51. The van der Waals surface area contributed by atoms with Gasteiger partial charge in [-0.3, -0.25) is 4.79 Å². The topological polar surface area (TPSA) is 76.9 Å². The van der Waals surface area contributed by atoms with Crippen LogP contribution >= 0.6 is 0 Å². The quantitative estimate of drug-likeness (QED) is 0.591. The second-order valence-corrected chi connectivity index (χ2v) is 7.51. The fourth-order valence-corrected chi connectivity index (χ4v) is 3.68. The number of carbonyl (C=O) groups is 2. The van der Waals surface area contributed by atoms with Crippen LogP contribution in [0.4, 0.5) is 9.18 Å². The third-order valence-corrected chi connectivity index (χ3v) is 5.48. The van der Waals surface area contributed by atoms with E-state index in [1.165, 1.54) is 12.1 Å². The number of ether oxygens (including phenoxy) is 2. The maximum absolute atomic E-state index is 13.5. The first-order valence-electron chi connectivity index (χ1n) is 10.7. The number of hydrogen-bond acceptors (Lipinski definition) is 5. The van der Waals surface area contributed by atoms with Crippen molar-refractivity contribution >= 4 is 12.0 Å². The van der Waals surface area contributed by atoms with Crippen molar-refractivity contribution in [3.8, 4) is 22.7 Å². The Morgan fingerprint density at radius 3 is 2.21 bits per heavy atom. The summed E-state index contributed by atoms with van der Waals surface area (Å²) in [5.74, 6) is 0.145. The molecule has 33 heavy (non-hydrogen) atoms. The Balaban J connectivity index is 1.63. The summed E-state index contributed by atoms with van der Waals surface area (Å²) in [4.78, 5) is 28.7. The Morgan fingerprint density at radius 2 is 1.61 bits per heavy atom. The summed E-state index contributed by atoms with van der Waals surface area (Å²) < 4.78 is 25.3. The molecule has 4 rings (SSSR count). The van der Waals surface area contributed by atoms with Gasteiger partial charge >= 0.3 is 6.09 Å². The van der Waals surface area contributed by atoms with Crippen LogP contribution in [0.25, 0.3) is 16.9 Å². The fourth-order valence-electron chi connectivity index (χ4n) is 3.68. The van der Waals surface area contributed by atoms with Crippen molar-refractivity contribution in [2.75, 3.05) is 39.9 Å². The van der Waals surface area contributed by atoms with Crippen LogP contribution in [0, 0.1) is 5.82 Å². The van der Waals surface area contributed by atoms with Gasteiger partial charge in [-0.1, -0.05) is 0 Å². The van der Waals surface area contributed by atoms with Crippen LogP contribution in [-0.4, -0.2) is 71.5 Å². The molecule has 8 nitrogen and oxygen atoms in total. The number of amides is 2. The molecule has 0 N–H and O–H groups in total. The van der Waals surface area contributed by atoms with Crippen LogP contribution < -0.4 is 4.74 Å². The first kappa shape index (κ1) is 22.3. The number of rotatable bonds is 5. The molecule has 0 bridgehead atoms. The number of carbonyl (C=O) groups excluding carboxylic acids is 2. The molecule has 1 aromatic heterocycles. The molecular formula is C24H25FN4O4. The van der Waals surface area contributed by atoms with Gasteiger partial charge in [0.2, 0.25) is 0 Å². The standard InChI is InChI=1S/C24H25FN4O4/c1-3-33-24(31)28-14-12-27(13-15-28)23(30)22-16-21(17-4-6-18(25)7-5-17)26-29(22)19-8-10-20(32-2)11-9-19/h4-11,16H,3,12-15H2,1-2H3. The van der Waals surface area contributed by atoms with Crippen molar-refractivity contribution in [3.05, 3.63) is 66.1 Å². The lowest BCUT2D eigenvalue weighted by Gasteiger charge is -2.34. The van der Waals surface area contributed by atoms with Crippen LogP contribution in [0.5, 0.6) is 5.75 Å². The zero-order valence-corrected chi connectivity index (χ0v) is 18.5. The van der Waals surface area contributed by atoms with E-state index < -0.39 is 0 Å². The molecule has 0 aliphatic carbocycles.